The lowest BCUT2D eigenvalue weighted by Gasteiger charge is -2.50. The fourth-order valence-corrected chi connectivity index (χ4v) is 14.1. The summed E-state index contributed by atoms with van der Waals surface area (Å²) in [7, 11) is -2.37. The van der Waals surface area contributed by atoms with Gasteiger partial charge in [0.25, 0.3) is 0 Å². The Balaban J connectivity index is 1.16. The van der Waals surface area contributed by atoms with Gasteiger partial charge in [0.15, 0.2) is 0 Å². The molecule has 53 heavy (non-hydrogen) atoms. The summed E-state index contributed by atoms with van der Waals surface area (Å²) in [4.78, 5) is 5.51. The highest BCUT2D eigenvalue weighted by molar-refractivity contribution is 8.48. The molecule has 2 heterocycles. The van der Waals surface area contributed by atoms with E-state index in [2.05, 4.69) is 187 Å². The highest BCUT2D eigenvalue weighted by Crippen LogP contribution is 2.81. The van der Waals surface area contributed by atoms with Crippen LogP contribution >= 0.6 is 20.5 Å². The van der Waals surface area contributed by atoms with Crippen molar-refractivity contribution < 1.29 is 0 Å². The molecule has 256 valence electrons. The molecule has 0 saturated carbocycles. The second-order valence-electron chi connectivity index (χ2n) is 16.0. The van der Waals surface area contributed by atoms with Crippen LogP contribution in [0.25, 0.3) is 64.3 Å². The highest BCUT2D eigenvalue weighted by atomic mass is 32.3. The van der Waals surface area contributed by atoms with Crippen molar-refractivity contribution in [3.05, 3.63) is 175 Å². The Labute approximate surface area is 315 Å². The number of hydrogen-bond donors (Lipinski definition) is 1. The molecule has 0 spiro atoms. The van der Waals surface area contributed by atoms with Gasteiger partial charge in [-0.25, -0.2) is 9.16 Å². The minimum absolute atomic E-state index is 0.978. The van der Waals surface area contributed by atoms with Crippen LogP contribution < -0.4 is 4.90 Å². The summed E-state index contributed by atoms with van der Waals surface area (Å²) in [6.07, 6.45) is 8.53. The second-order valence-corrected chi connectivity index (χ2v) is 23.6. The molecule has 0 radical (unpaired) electrons. The van der Waals surface area contributed by atoms with Crippen LogP contribution in [-0.2, 0) is 6.42 Å². The van der Waals surface area contributed by atoms with E-state index in [4.69, 9.17) is 0 Å². The number of thiophene rings is 1. The van der Waals surface area contributed by atoms with Crippen molar-refractivity contribution in [1.29, 1.82) is 0 Å². The molecule has 0 amide bonds. The summed E-state index contributed by atoms with van der Waals surface area (Å²) in [6, 6.07) is 61.5. The molecule has 1 nitrogen and oxygen atoms in total. The van der Waals surface area contributed by atoms with Crippen LogP contribution in [0.4, 0.5) is 17.1 Å². The molecule has 1 aromatic heterocycles. The smallest absolute Gasteiger partial charge is 0.0550 e. The Morgan fingerprint density at radius 1 is 0.509 bits per heavy atom. The highest BCUT2D eigenvalue weighted by Gasteiger charge is 2.42. The van der Waals surface area contributed by atoms with Gasteiger partial charge in [0.1, 0.15) is 0 Å². The van der Waals surface area contributed by atoms with Crippen LogP contribution in [0.1, 0.15) is 11.1 Å². The van der Waals surface area contributed by atoms with Crippen molar-refractivity contribution in [2.45, 2.75) is 16.2 Å². The first-order valence-corrected chi connectivity index (χ1v) is 22.9. The van der Waals surface area contributed by atoms with E-state index in [0.717, 1.165) is 12.1 Å². The molecule has 1 aliphatic heterocycles. The third-order valence-corrected chi connectivity index (χ3v) is 17.3. The fourth-order valence-electron chi connectivity index (χ4n) is 9.45. The van der Waals surface area contributed by atoms with Crippen LogP contribution in [0.3, 0.4) is 0 Å². The first kappa shape index (κ1) is 31.0. The average molecular weight is 718 g/mol. The number of thiol groups is 1. The van der Waals surface area contributed by atoms with Gasteiger partial charge in [-0.3, -0.25) is 0 Å². The second kappa shape index (κ2) is 11.0. The maximum absolute atomic E-state index is 2.52. The largest absolute Gasteiger partial charge is 0.310 e. The normalized spacial score (nSPS) is 15.4. The third-order valence-electron chi connectivity index (χ3n) is 12.0. The predicted octanol–water partition coefficient (Wildman–Crippen LogP) is 14.3. The van der Waals surface area contributed by atoms with E-state index < -0.39 is 9.16 Å². The molecule has 8 aromatic carbocycles. The van der Waals surface area contributed by atoms with Crippen LogP contribution in [-0.4, -0.2) is 18.8 Å². The Kier molecular flexibility index (Phi) is 6.40. The Morgan fingerprint density at radius 3 is 2.09 bits per heavy atom. The van der Waals surface area contributed by atoms with Gasteiger partial charge in [-0.15, -0.1) is 11.3 Å². The zero-order chi connectivity index (χ0) is 35.5. The molecule has 1 aliphatic carbocycles. The first-order chi connectivity index (χ1) is 25.8. The topological polar surface area (TPSA) is 3.24 Å². The number of rotatable bonds is 4. The van der Waals surface area contributed by atoms with Crippen LogP contribution in [0.5, 0.6) is 0 Å². The van der Waals surface area contributed by atoms with Gasteiger partial charge in [-0.1, -0.05) is 121 Å². The van der Waals surface area contributed by atoms with Gasteiger partial charge in [0.05, 0.1) is 5.69 Å². The van der Waals surface area contributed by atoms with Crippen molar-refractivity contribution in [2.24, 2.45) is 0 Å². The van der Waals surface area contributed by atoms with Gasteiger partial charge in [-0.05, 0) is 127 Å². The molecule has 0 atom stereocenters. The number of hydrogen-bond acceptors (Lipinski definition) is 2. The first-order valence-electron chi connectivity index (χ1n) is 18.5. The minimum Gasteiger partial charge on any atom is -0.310 e. The monoisotopic (exact) mass is 717 g/mol. The van der Waals surface area contributed by atoms with E-state index in [1.807, 2.05) is 11.3 Å². The van der Waals surface area contributed by atoms with Crippen LogP contribution in [0.2, 0.25) is 0 Å². The average Bonchev–Trinajstić information content (AvgIpc) is 3.82. The molecule has 3 heteroatoms. The third kappa shape index (κ3) is 4.45. The summed E-state index contributed by atoms with van der Waals surface area (Å²) in [5.74, 6) is 0. The summed E-state index contributed by atoms with van der Waals surface area (Å²) in [5.41, 5.74) is 14.5. The summed E-state index contributed by atoms with van der Waals surface area (Å²) in [5, 5.41) is 5.42. The lowest BCUT2D eigenvalue weighted by atomic mass is 9.96. The quantitative estimate of drug-likeness (QED) is 0.177. The van der Waals surface area contributed by atoms with Crippen molar-refractivity contribution in [1.82, 2.24) is 0 Å². The molecule has 2 aliphatic rings. The number of nitrogens with zero attached hydrogens (tertiary/aromatic N) is 1. The van der Waals surface area contributed by atoms with Gasteiger partial charge in [-0.2, -0.15) is 0 Å². The SMILES string of the molecule is C[SH]1(C)(C)c2ccccc2-c2c(N(c3ccc(-c4ccccc4)cc3)c3ccc4sc5ccc6c(c5c4c3)-c3ccc4ccccc4c3C6)cccc21. The van der Waals surface area contributed by atoms with Crippen LogP contribution in [0, 0.1) is 0 Å². The zero-order valence-corrected chi connectivity index (χ0v) is 31.8. The molecular weight excluding hydrogens is 679 g/mol. The van der Waals surface area contributed by atoms with Crippen molar-refractivity contribution in [3.8, 4) is 33.4 Å². The molecule has 11 rings (SSSR count). The van der Waals surface area contributed by atoms with Gasteiger partial charge in [0.2, 0.25) is 0 Å². The van der Waals surface area contributed by atoms with Gasteiger partial charge < -0.3 is 4.90 Å². The molecule has 0 fully saturated rings. The van der Waals surface area contributed by atoms with E-state index >= 15 is 0 Å². The lowest BCUT2D eigenvalue weighted by Crippen LogP contribution is -2.13. The minimum atomic E-state index is -2.37. The van der Waals surface area contributed by atoms with Crippen molar-refractivity contribution >= 4 is 68.5 Å². The molecular formula is C50H39NS2. The maximum atomic E-state index is 2.52. The maximum Gasteiger partial charge on any atom is 0.0550 e. The van der Waals surface area contributed by atoms with Crippen molar-refractivity contribution in [3.63, 3.8) is 0 Å². The van der Waals surface area contributed by atoms with Gasteiger partial charge in [0, 0.05) is 37.1 Å². The number of benzene rings is 8. The van der Waals surface area contributed by atoms with E-state index in [9.17, 15) is 0 Å². The molecule has 0 N–H and O–H groups in total. The Bertz CT molecular complexity index is 2960. The van der Waals surface area contributed by atoms with E-state index in [-0.39, 0.29) is 0 Å². The van der Waals surface area contributed by atoms with Crippen molar-refractivity contribution in [2.75, 3.05) is 23.7 Å². The summed E-state index contributed by atoms with van der Waals surface area (Å²) < 4.78 is 2.68. The van der Waals surface area contributed by atoms with E-state index in [1.54, 1.807) is 0 Å². The molecule has 0 unspecified atom stereocenters. The van der Waals surface area contributed by atoms with E-state index in [1.165, 1.54) is 96.6 Å². The van der Waals surface area contributed by atoms with Crippen LogP contribution in [0.15, 0.2) is 174 Å². The molecule has 0 bridgehead atoms. The fraction of sp³-hybridized carbons (Fsp3) is 0.0800. The zero-order valence-electron chi connectivity index (χ0n) is 30.1. The number of fused-ring (bicyclic) bond motifs is 12. The predicted molar refractivity (Wildman–Crippen MR) is 234 cm³/mol. The van der Waals surface area contributed by atoms with Gasteiger partial charge >= 0.3 is 0 Å². The molecule has 9 aromatic rings. The molecule has 0 saturated heterocycles. The summed E-state index contributed by atoms with van der Waals surface area (Å²) >= 11 is 1.91. The number of anilines is 3. The Hall–Kier alpha value is -5.61. The standard InChI is InChI=1S/C50H39NS2/c1-53(2,3)46-18-10-9-16-40(46)49-43(17-11-19-47(49)53)51(36-24-20-33(21-25-36)32-12-5-4-6-13-32)37-26-29-44-42(31-37)50-45(52-44)28-23-35-30-41-38-15-8-7-14-34(38)22-27-39(41)48(35)50/h4-29,31,53H,30H2,1-3H3. The Morgan fingerprint density at radius 2 is 1.23 bits per heavy atom. The summed E-state index contributed by atoms with van der Waals surface area (Å²) in [6.45, 7) is 0. The lowest BCUT2D eigenvalue weighted by molar-refractivity contribution is 1.27. The van der Waals surface area contributed by atoms with E-state index in [0.29, 0.717) is 0 Å².